The van der Waals surface area contributed by atoms with Gasteiger partial charge in [-0.3, -0.25) is 29.3 Å². The van der Waals surface area contributed by atoms with Gasteiger partial charge in [-0.25, -0.2) is 0 Å². The Labute approximate surface area is 460 Å². The van der Waals surface area contributed by atoms with Gasteiger partial charge in [-0.1, -0.05) is 33.6 Å². The number of aliphatic hydroxyl groups excluding tert-OH is 7. The lowest BCUT2D eigenvalue weighted by Gasteiger charge is -2.45. The monoisotopic (exact) mass is 1130 g/mol. The number of ether oxygens (including phenoxy) is 7. The third-order valence-corrected chi connectivity index (χ3v) is 13.7. The maximum Gasteiger partial charge on any atom is 0.222 e. The second kappa shape index (κ2) is 40.8. The van der Waals surface area contributed by atoms with Crippen molar-refractivity contribution in [2.24, 2.45) is 17.6 Å². The Balaban J connectivity index is 1.63. The summed E-state index contributed by atoms with van der Waals surface area (Å²) in [7, 11) is 1.45. The van der Waals surface area contributed by atoms with Gasteiger partial charge in [-0.15, -0.1) is 0 Å². The molecule has 26 heteroatoms. The molecule has 0 spiro atoms. The Kier molecular flexibility index (Phi) is 37.1. The van der Waals surface area contributed by atoms with Gasteiger partial charge in [0, 0.05) is 91.4 Å². The molecule has 0 bridgehead atoms. The summed E-state index contributed by atoms with van der Waals surface area (Å²) in [4.78, 5) is 62.7. The number of amides is 5. The van der Waals surface area contributed by atoms with Crippen LogP contribution >= 0.6 is 0 Å². The van der Waals surface area contributed by atoms with Gasteiger partial charge in [0.25, 0.3) is 0 Å². The van der Waals surface area contributed by atoms with Crippen molar-refractivity contribution in [2.75, 3.05) is 106 Å². The standard InChI is InChI=1S/C52H99N7O19/c1-6-8-20-54-41(65)17-27-72-32-52(53,33-73-28-18-42(66)57-23-13-21-55-39(63)15-9-11-25-75-50-44(35(3)7-2)48(70)46(68)37(30-60)77-50)34-74-29-19-43(67)58-24-14-22-56-40(64)16-10-12-26-76-51-45(59(5)36(4)62)49(71)47(69)38(31-61)78-51/h35,37-38,43-51,58,60-61,67-71H,6-34,53H2,1-5H3,(H,54,65)(H,55,63)(H,56,64)(H,57,66)/t35?,37?,38?,43?,44?,45?,46-,47-,48?,49?,50+,51+,52?/m0/s1. The van der Waals surface area contributed by atoms with Crippen molar-refractivity contribution >= 4 is 29.5 Å². The summed E-state index contributed by atoms with van der Waals surface area (Å²) in [6, 6.07) is -0.989. The Morgan fingerprint density at radius 3 is 1.54 bits per heavy atom. The number of aliphatic hydroxyl groups is 7. The third-order valence-electron chi connectivity index (χ3n) is 13.7. The zero-order chi connectivity index (χ0) is 57.9. The van der Waals surface area contributed by atoms with Crippen LogP contribution in [-0.2, 0) is 57.1 Å². The van der Waals surface area contributed by atoms with E-state index in [4.69, 9.17) is 38.9 Å². The molecule has 13 atom stereocenters. The van der Waals surface area contributed by atoms with Gasteiger partial charge >= 0.3 is 0 Å². The van der Waals surface area contributed by atoms with E-state index in [1.165, 1.54) is 18.9 Å². The number of carbonyl (C=O) groups is 5. The summed E-state index contributed by atoms with van der Waals surface area (Å²) in [5.41, 5.74) is 5.51. The van der Waals surface area contributed by atoms with Crippen LogP contribution < -0.4 is 32.3 Å². The highest BCUT2D eigenvalue weighted by Gasteiger charge is 2.48. The molecular weight excluding hydrogens is 1030 g/mol. The third kappa shape index (κ3) is 27.9. The number of hydrogen-bond donors (Lipinski definition) is 13. The van der Waals surface area contributed by atoms with Crippen molar-refractivity contribution in [1.82, 2.24) is 31.5 Å². The topological polar surface area (TPSA) is 381 Å². The van der Waals surface area contributed by atoms with Gasteiger partial charge in [0.2, 0.25) is 29.5 Å². The summed E-state index contributed by atoms with van der Waals surface area (Å²) in [6.07, 6.45) is -3.30. The van der Waals surface area contributed by atoms with Gasteiger partial charge in [-0.2, -0.15) is 0 Å². The fourth-order valence-corrected chi connectivity index (χ4v) is 8.60. The fourth-order valence-electron chi connectivity index (χ4n) is 8.60. The molecule has 456 valence electrons. The molecule has 2 fully saturated rings. The highest BCUT2D eigenvalue weighted by Crippen LogP contribution is 2.34. The van der Waals surface area contributed by atoms with Crippen LogP contribution in [-0.4, -0.2) is 243 Å². The van der Waals surface area contributed by atoms with Crippen LogP contribution in [0.4, 0.5) is 0 Å². The molecule has 5 amide bonds. The number of hydrogen-bond acceptors (Lipinski definition) is 21. The Morgan fingerprint density at radius 1 is 0.603 bits per heavy atom. The first-order chi connectivity index (χ1) is 37.3. The number of rotatable bonds is 44. The lowest BCUT2D eigenvalue weighted by Crippen LogP contribution is -2.64. The molecule has 0 aromatic heterocycles. The van der Waals surface area contributed by atoms with E-state index in [0.717, 1.165) is 19.3 Å². The zero-order valence-electron chi connectivity index (χ0n) is 47.0. The van der Waals surface area contributed by atoms with Gasteiger partial charge in [0.05, 0.1) is 64.5 Å². The second-order valence-electron chi connectivity index (χ2n) is 20.4. The minimum absolute atomic E-state index is 0.00345. The Bertz CT molecular complexity index is 1660. The first-order valence-corrected chi connectivity index (χ1v) is 28.0. The van der Waals surface area contributed by atoms with E-state index in [2.05, 4.69) is 26.6 Å². The molecule has 2 aliphatic heterocycles. The van der Waals surface area contributed by atoms with E-state index < -0.39 is 86.1 Å². The van der Waals surface area contributed by atoms with E-state index in [9.17, 15) is 59.7 Å². The molecule has 78 heavy (non-hydrogen) atoms. The highest BCUT2D eigenvalue weighted by atomic mass is 16.7. The van der Waals surface area contributed by atoms with Crippen LogP contribution in [0.15, 0.2) is 0 Å². The highest BCUT2D eigenvalue weighted by molar-refractivity contribution is 5.77. The molecule has 0 aliphatic carbocycles. The lowest BCUT2D eigenvalue weighted by atomic mass is 9.81. The SMILES string of the molecule is CCCCNC(=O)CCOCC(N)(COCCC(=O)NCCCNC(=O)CCCCO[C@@H]1OC(CO)[C@H](O)C(O)C1C(C)CC)COCCC(O)NCCCNC(=O)CCCCO[C@@H]1OC(CO)[C@H](O)C(O)C1N(C)C(C)=O. The van der Waals surface area contributed by atoms with Crippen LogP contribution in [0.25, 0.3) is 0 Å². The van der Waals surface area contributed by atoms with E-state index in [-0.39, 0.29) is 120 Å². The van der Waals surface area contributed by atoms with Crippen LogP contribution in [0.2, 0.25) is 0 Å². The molecule has 2 rings (SSSR count). The van der Waals surface area contributed by atoms with Crippen LogP contribution in [0.1, 0.15) is 118 Å². The first-order valence-electron chi connectivity index (χ1n) is 28.0. The van der Waals surface area contributed by atoms with E-state index >= 15 is 0 Å². The Hall–Kier alpha value is -3.29. The fraction of sp³-hybridized carbons (Fsp3) is 0.904. The maximum absolute atomic E-state index is 12.5. The van der Waals surface area contributed by atoms with Crippen molar-refractivity contribution < 1.29 is 92.9 Å². The first kappa shape index (κ1) is 70.8. The van der Waals surface area contributed by atoms with Crippen LogP contribution in [0.5, 0.6) is 0 Å². The molecule has 14 N–H and O–H groups in total. The number of likely N-dealkylation sites (N-methyl/N-ethyl adjacent to an activating group) is 1. The number of carbonyl (C=O) groups excluding carboxylic acids is 5. The van der Waals surface area contributed by atoms with Gasteiger partial charge < -0.3 is 101 Å². The lowest BCUT2D eigenvalue weighted by molar-refractivity contribution is -0.294. The quantitative estimate of drug-likeness (QED) is 0.0224. The van der Waals surface area contributed by atoms with Gasteiger partial charge in [0.1, 0.15) is 42.8 Å². The van der Waals surface area contributed by atoms with E-state index in [1.54, 1.807) is 0 Å². The predicted molar refractivity (Wildman–Crippen MR) is 284 cm³/mol. The molecule has 0 aromatic rings. The smallest absolute Gasteiger partial charge is 0.222 e. The summed E-state index contributed by atoms with van der Waals surface area (Å²) >= 11 is 0. The van der Waals surface area contributed by atoms with Gasteiger partial charge in [0.15, 0.2) is 12.6 Å². The van der Waals surface area contributed by atoms with E-state index in [0.29, 0.717) is 71.2 Å². The summed E-state index contributed by atoms with van der Waals surface area (Å²) in [5, 5.41) is 85.7. The van der Waals surface area contributed by atoms with Crippen molar-refractivity contribution in [3.63, 3.8) is 0 Å². The molecule has 0 radical (unpaired) electrons. The summed E-state index contributed by atoms with van der Waals surface area (Å²) < 4.78 is 40.5. The number of nitrogens with zero attached hydrogens (tertiary/aromatic N) is 1. The molecule has 2 heterocycles. The minimum atomic E-state index is -1.41. The molecule has 2 saturated heterocycles. The predicted octanol–water partition coefficient (Wildman–Crippen LogP) is -2.38. The largest absolute Gasteiger partial charge is 0.394 e. The van der Waals surface area contributed by atoms with Crippen LogP contribution in [0.3, 0.4) is 0 Å². The number of unbranched alkanes of at least 4 members (excludes halogenated alkanes) is 3. The zero-order valence-corrected chi connectivity index (χ0v) is 47.0. The molecule has 0 saturated carbocycles. The minimum Gasteiger partial charge on any atom is -0.394 e. The second-order valence-corrected chi connectivity index (χ2v) is 20.4. The van der Waals surface area contributed by atoms with Gasteiger partial charge in [-0.05, 0) is 57.4 Å². The van der Waals surface area contributed by atoms with Crippen LogP contribution in [0, 0.1) is 11.8 Å². The molecule has 9 unspecified atom stereocenters. The average Bonchev–Trinajstić information content (AvgIpc) is 3.44. The average molecular weight is 1130 g/mol. The molecule has 0 aromatic carbocycles. The number of nitrogens with one attached hydrogen (secondary N) is 5. The normalized spacial score (nSPS) is 24.9. The van der Waals surface area contributed by atoms with E-state index in [1.807, 2.05) is 20.8 Å². The Morgan fingerprint density at radius 2 is 1.05 bits per heavy atom. The molecule has 26 nitrogen and oxygen atoms in total. The van der Waals surface area contributed by atoms with Crippen molar-refractivity contribution in [2.45, 2.75) is 185 Å². The van der Waals surface area contributed by atoms with Crippen molar-refractivity contribution in [1.29, 1.82) is 0 Å². The number of nitrogens with two attached hydrogens (primary N) is 1. The molecule has 2 aliphatic rings. The van der Waals surface area contributed by atoms with Crippen molar-refractivity contribution in [3.8, 4) is 0 Å². The summed E-state index contributed by atoms with van der Waals surface area (Å²) in [5.74, 6) is -1.51. The summed E-state index contributed by atoms with van der Waals surface area (Å²) in [6.45, 7) is 9.03. The van der Waals surface area contributed by atoms with Crippen molar-refractivity contribution in [3.05, 3.63) is 0 Å². The maximum atomic E-state index is 12.5. The molecular formula is C52H99N7O19.